The smallest absolute Gasteiger partial charge is 0.131 e. The third-order valence-electron chi connectivity index (χ3n) is 3.28. The van der Waals surface area contributed by atoms with Crippen LogP contribution in [0.4, 0.5) is 5.82 Å². The van der Waals surface area contributed by atoms with Gasteiger partial charge in [-0.15, -0.1) is 0 Å². The molecule has 1 saturated heterocycles. The Hall–Kier alpha value is -1.16. The van der Waals surface area contributed by atoms with Crippen molar-refractivity contribution in [1.82, 2.24) is 9.97 Å². The number of hydrogen-bond donors (Lipinski definition) is 1. The van der Waals surface area contributed by atoms with Gasteiger partial charge in [0.2, 0.25) is 0 Å². The van der Waals surface area contributed by atoms with E-state index in [-0.39, 0.29) is 0 Å². The van der Waals surface area contributed by atoms with Gasteiger partial charge >= 0.3 is 0 Å². The highest BCUT2D eigenvalue weighted by molar-refractivity contribution is 5.44. The summed E-state index contributed by atoms with van der Waals surface area (Å²) in [5.74, 6) is 2.43. The first-order valence-corrected chi connectivity index (χ1v) is 6.28. The maximum Gasteiger partial charge on any atom is 0.131 e. The Morgan fingerprint density at radius 2 is 2.18 bits per heavy atom. The molecular weight excluding hydrogens is 214 g/mol. The van der Waals surface area contributed by atoms with Gasteiger partial charge in [-0.3, -0.25) is 0 Å². The van der Waals surface area contributed by atoms with Crippen LogP contribution in [0, 0.1) is 12.8 Å². The summed E-state index contributed by atoms with van der Waals surface area (Å²) in [5, 5.41) is 0. The van der Waals surface area contributed by atoms with Crippen LogP contribution in [0.5, 0.6) is 0 Å². The highest BCUT2D eigenvalue weighted by atomic mass is 16.5. The fraction of sp³-hybridized carbons (Fsp3) is 0.692. The molecule has 0 aliphatic carbocycles. The number of nitrogen functional groups attached to an aromatic ring is 1. The maximum atomic E-state index is 6.02. The van der Waals surface area contributed by atoms with E-state index < -0.39 is 0 Å². The number of anilines is 1. The van der Waals surface area contributed by atoms with Crippen LogP contribution >= 0.6 is 0 Å². The summed E-state index contributed by atoms with van der Waals surface area (Å²) in [7, 11) is 0. The number of nitrogens with two attached hydrogens (primary N) is 1. The summed E-state index contributed by atoms with van der Waals surface area (Å²) in [5.41, 5.74) is 8.11. The van der Waals surface area contributed by atoms with Gasteiger partial charge in [0, 0.05) is 30.9 Å². The molecule has 1 aromatic heterocycles. The Kier molecular flexibility index (Phi) is 3.62. The summed E-state index contributed by atoms with van der Waals surface area (Å²) in [4.78, 5) is 9.00. The molecule has 1 atom stereocenters. The van der Waals surface area contributed by atoms with Crippen LogP contribution in [0.3, 0.4) is 0 Å². The first-order valence-electron chi connectivity index (χ1n) is 6.28. The Balaban J connectivity index is 2.19. The normalized spacial score (nSPS) is 20.1. The van der Waals surface area contributed by atoms with Crippen molar-refractivity contribution in [2.24, 2.45) is 5.92 Å². The Morgan fingerprint density at radius 3 is 2.71 bits per heavy atom. The molecule has 1 fully saturated rings. The second kappa shape index (κ2) is 5.00. The van der Waals surface area contributed by atoms with Crippen molar-refractivity contribution < 1.29 is 4.74 Å². The molecule has 2 N–H and O–H groups in total. The lowest BCUT2D eigenvalue weighted by atomic mass is 10.0. The van der Waals surface area contributed by atoms with Crippen LogP contribution in [0.1, 0.15) is 43.3 Å². The second-order valence-electron chi connectivity index (χ2n) is 5.11. The molecule has 94 valence electrons. The third kappa shape index (κ3) is 2.75. The highest BCUT2D eigenvalue weighted by Gasteiger charge is 2.19. The zero-order valence-corrected chi connectivity index (χ0v) is 10.9. The van der Waals surface area contributed by atoms with Crippen LogP contribution in [0.25, 0.3) is 0 Å². The van der Waals surface area contributed by atoms with Crippen molar-refractivity contribution in [2.75, 3.05) is 18.9 Å². The number of hydrogen-bond acceptors (Lipinski definition) is 4. The molecule has 1 aliphatic heterocycles. The fourth-order valence-electron chi connectivity index (χ4n) is 2.47. The lowest BCUT2D eigenvalue weighted by Crippen LogP contribution is -2.12. The lowest BCUT2D eigenvalue weighted by Gasteiger charge is -2.14. The van der Waals surface area contributed by atoms with Gasteiger partial charge in [0.25, 0.3) is 0 Å². The minimum absolute atomic E-state index is 0.374. The standard InChI is InChI=1S/C13H21N3O/c1-8(2)12-9(3)15-11(16-13(12)14)6-10-4-5-17-7-10/h8,10H,4-7H2,1-3H3,(H2,14,15,16). The summed E-state index contributed by atoms with van der Waals surface area (Å²) in [6.07, 6.45) is 1.98. The molecule has 1 aromatic rings. The first kappa shape index (κ1) is 12.3. The predicted octanol–water partition coefficient (Wildman–Crippen LogP) is 2.07. The molecule has 17 heavy (non-hydrogen) atoms. The van der Waals surface area contributed by atoms with E-state index in [1.807, 2.05) is 6.92 Å². The van der Waals surface area contributed by atoms with E-state index in [2.05, 4.69) is 23.8 Å². The summed E-state index contributed by atoms with van der Waals surface area (Å²) < 4.78 is 5.36. The molecule has 1 unspecified atom stereocenters. The van der Waals surface area contributed by atoms with Crippen molar-refractivity contribution in [2.45, 2.75) is 39.5 Å². The van der Waals surface area contributed by atoms with Gasteiger partial charge < -0.3 is 10.5 Å². The molecule has 0 aromatic carbocycles. The molecule has 1 aliphatic rings. The maximum absolute atomic E-state index is 6.02. The average Bonchev–Trinajstić information content (AvgIpc) is 2.68. The topological polar surface area (TPSA) is 61.0 Å². The molecule has 0 saturated carbocycles. The van der Waals surface area contributed by atoms with E-state index in [0.717, 1.165) is 43.1 Å². The minimum Gasteiger partial charge on any atom is -0.383 e. The average molecular weight is 235 g/mol. The van der Waals surface area contributed by atoms with Gasteiger partial charge in [-0.2, -0.15) is 0 Å². The molecule has 0 bridgehead atoms. The van der Waals surface area contributed by atoms with E-state index >= 15 is 0 Å². The zero-order valence-electron chi connectivity index (χ0n) is 10.9. The minimum atomic E-state index is 0.374. The van der Waals surface area contributed by atoms with Gasteiger partial charge in [-0.05, 0) is 25.2 Å². The van der Waals surface area contributed by atoms with Gasteiger partial charge in [0.15, 0.2) is 0 Å². The molecule has 0 spiro atoms. The van der Waals surface area contributed by atoms with Gasteiger partial charge in [0.1, 0.15) is 11.6 Å². The largest absolute Gasteiger partial charge is 0.383 e. The van der Waals surface area contributed by atoms with Gasteiger partial charge in [-0.1, -0.05) is 13.8 Å². The molecule has 4 heteroatoms. The van der Waals surface area contributed by atoms with E-state index in [9.17, 15) is 0 Å². The monoisotopic (exact) mass is 235 g/mol. The van der Waals surface area contributed by atoms with Crippen molar-refractivity contribution >= 4 is 5.82 Å². The van der Waals surface area contributed by atoms with Gasteiger partial charge in [0.05, 0.1) is 0 Å². The van der Waals surface area contributed by atoms with Crippen LogP contribution in [-0.2, 0) is 11.2 Å². The highest BCUT2D eigenvalue weighted by Crippen LogP contribution is 2.24. The van der Waals surface area contributed by atoms with Crippen molar-refractivity contribution in [3.63, 3.8) is 0 Å². The lowest BCUT2D eigenvalue weighted by molar-refractivity contribution is 0.185. The van der Waals surface area contributed by atoms with E-state index in [1.54, 1.807) is 0 Å². The SMILES string of the molecule is Cc1nc(CC2CCOC2)nc(N)c1C(C)C. The quantitative estimate of drug-likeness (QED) is 0.871. The second-order valence-corrected chi connectivity index (χ2v) is 5.11. The molecule has 0 radical (unpaired) electrons. The molecule has 2 heterocycles. The fourth-order valence-corrected chi connectivity index (χ4v) is 2.47. The zero-order chi connectivity index (χ0) is 12.4. The molecule has 4 nitrogen and oxygen atoms in total. The Bertz CT molecular complexity index is 375. The number of rotatable bonds is 3. The van der Waals surface area contributed by atoms with Crippen LogP contribution in [0.15, 0.2) is 0 Å². The Morgan fingerprint density at radius 1 is 1.41 bits per heavy atom. The number of ether oxygens (including phenoxy) is 1. The van der Waals surface area contributed by atoms with E-state index in [0.29, 0.717) is 17.7 Å². The number of nitrogens with zero attached hydrogens (tertiary/aromatic N) is 2. The van der Waals surface area contributed by atoms with E-state index in [1.165, 1.54) is 0 Å². The van der Waals surface area contributed by atoms with Crippen LogP contribution < -0.4 is 5.73 Å². The van der Waals surface area contributed by atoms with Crippen LogP contribution in [-0.4, -0.2) is 23.2 Å². The number of aryl methyl sites for hydroxylation is 1. The van der Waals surface area contributed by atoms with Crippen molar-refractivity contribution in [3.05, 3.63) is 17.1 Å². The molecular formula is C13H21N3O. The van der Waals surface area contributed by atoms with E-state index in [4.69, 9.17) is 10.5 Å². The Labute approximate surface area is 103 Å². The summed E-state index contributed by atoms with van der Waals surface area (Å²) in [6, 6.07) is 0. The third-order valence-corrected chi connectivity index (χ3v) is 3.28. The molecule has 2 rings (SSSR count). The van der Waals surface area contributed by atoms with Crippen molar-refractivity contribution in [3.8, 4) is 0 Å². The predicted molar refractivity (Wildman–Crippen MR) is 67.9 cm³/mol. The van der Waals surface area contributed by atoms with Crippen LogP contribution in [0.2, 0.25) is 0 Å². The number of aromatic nitrogens is 2. The van der Waals surface area contributed by atoms with Crippen molar-refractivity contribution in [1.29, 1.82) is 0 Å². The summed E-state index contributed by atoms with van der Waals surface area (Å²) in [6.45, 7) is 7.94. The van der Waals surface area contributed by atoms with Gasteiger partial charge in [-0.25, -0.2) is 9.97 Å². The molecule has 0 amide bonds. The summed E-state index contributed by atoms with van der Waals surface area (Å²) >= 11 is 0. The first-order chi connectivity index (χ1) is 8.08.